The molecule has 8 nitrogen and oxygen atoms in total. The molecule has 4 aromatic rings. The number of rotatable bonds is 7. The first-order valence-corrected chi connectivity index (χ1v) is 13.8. The van der Waals surface area contributed by atoms with Crippen LogP contribution in [0.4, 0.5) is 26.3 Å². The van der Waals surface area contributed by atoms with Crippen molar-refractivity contribution >= 4 is 5.97 Å². The van der Waals surface area contributed by atoms with Gasteiger partial charge in [-0.05, 0) is 75.1 Å². The van der Waals surface area contributed by atoms with Crippen molar-refractivity contribution in [2.24, 2.45) is 0 Å². The number of nitrogens with zero attached hydrogens (tertiary/aromatic N) is 2. The summed E-state index contributed by atoms with van der Waals surface area (Å²) < 4.78 is 106. The van der Waals surface area contributed by atoms with Crippen LogP contribution in [0.2, 0.25) is 0 Å². The molecule has 0 spiro atoms. The number of carboxylic acids is 1. The summed E-state index contributed by atoms with van der Waals surface area (Å²) in [5.74, 6) is -2.43. The number of carbonyl (C=O) groups is 1. The zero-order chi connectivity index (χ0) is 32.3. The molecule has 0 radical (unpaired) electrons. The van der Waals surface area contributed by atoms with Gasteiger partial charge in [0.05, 0.1) is 16.9 Å². The average molecular weight is 635 g/mol. The molecule has 1 N–H and O–H groups in total. The fourth-order valence-corrected chi connectivity index (χ4v) is 5.55. The van der Waals surface area contributed by atoms with Crippen molar-refractivity contribution in [2.75, 3.05) is 0 Å². The SMILES string of the molecule is Cc1cc(OC2CCCc3c(C(F)(F)F)nn(-c4cccc(O[C@@H](C)c5cc6c(cc5F)OC(F)(F)O6)c4)c32)ccc1C(=O)O. The van der Waals surface area contributed by atoms with Gasteiger partial charge in [-0.25, -0.2) is 13.9 Å². The van der Waals surface area contributed by atoms with Crippen LogP contribution in [-0.2, 0) is 12.6 Å². The van der Waals surface area contributed by atoms with Gasteiger partial charge >= 0.3 is 18.4 Å². The average Bonchev–Trinajstić information content (AvgIpc) is 3.49. The van der Waals surface area contributed by atoms with Crippen molar-refractivity contribution in [3.05, 3.63) is 94.1 Å². The maximum absolute atomic E-state index is 14.8. The summed E-state index contributed by atoms with van der Waals surface area (Å²) in [6.45, 7) is 3.05. The monoisotopic (exact) mass is 634 g/mol. The van der Waals surface area contributed by atoms with Crippen LogP contribution in [-0.4, -0.2) is 27.2 Å². The molecule has 0 fully saturated rings. The standard InChI is InChI=1S/C31H24F6N2O6/c1-15-11-19(9-10-20(15)29(40)41)43-24-8-4-7-21-27(24)39(38-28(21)30(33,34)35)17-5-3-6-18(12-17)42-16(2)22-13-25-26(14-23(22)32)45-31(36,37)44-25/h3,5-6,9-14,16,24H,4,7-8H2,1-2H3,(H,40,41)/t16-,24?/m0/s1. The Labute approximate surface area is 251 Å². The van der Waals surface area contributed by atoms with Crippen molar-refractivity contribution in [1.29, 1.82) is 0 Å². The molecule has 236 valence electrons. The van der Waals surface area contributed by atoms with E-state index >= 15 is 0 Å². The highest BCUT2D eigenvalue weighted by molar-refractivity contribution is 5.89. The second kappa shape index (κ2) is 10.9. The molecule has 2 atom stereocenters. The third kappa shape index (κ3) is 5.83. The number of aromatic carboxylic acids is 1. The minimum absolute atomic E-state index is 0.0171. The molecule has 0 amide bonds. The molecule has 1 aliphatic carbocycles. The zero-order valence-electron chi connectivity index (χ0n) is 23.6. The van der Waals surface area contributed by atoms with Crippen LogP contribution in [0.25, 0.3) is 5.69 Å². The second-order valence-corrected chi connectivity index (χ2v) is 10.6. The van der Waals surface area contributed by atoms with Gasteiger partial charge in [0.15, 0.2) is 17.2 Å². The number of halogens is 6. The highest BCUT2D eigenvalue weighted by Gasteiger charge is 2.45. The largest absolute Gasteiger partial charge is 0.586 e. The molecule has 1 unspecified atom stereocenters. The van der Waals surface area contributed by atoms with Crippen molar-refractivity contribution in [3.63, 3.8) is 0 Å². The van der Waals surface area contributed by atoms with E-state index in [2.05, 4.69) is 14.6 Å². The Balaban J connectivity index is 1.33. The molecule has 45 heavy (non-hydrogen) atoms. The van der Waals surface area contributed by atoms with Gasteiger partial charge in [0.2, 0.25) is 0 Å². The number of alkyl halides is 5. The Morgan fingerprint density at radius 1 is 1.09 bits per heavy atom. The predicted octanol–water partition coefficient (Wildman–Crippen LogP) is 7.95. The Morgan fingerprint density at radius 3 is 2.51 bits per heavy atom. The van der Waals surface area contributed by atoms with Gasteiger partial charge in [0.25, 0.3) is 0 Å². The van der Waals surface area contributed by atoms with Crippen molar-refractivity contribution in [1.82, 2.24) is 9.78 Å². The fraction of sp³-hybridized carbons (Fsp3) is 0.290. The lowest BCUT2D eigenvalue weighted by atomic mass is 9.92. The maximum Gasteiger partial charge on any atom is 0.586 e. The van der Waals surface area contributed by atoms with E-state index in [1.54, 1.807) is 6.92 Å². The number of fused-ring (bicyclic) bond motifs is 2. The molecular weight excluding hydrogens is 610 g/mol. The van der Waals surface area contributed by atoms with Crippen LogP contribution in [0.1, 0.15) is 70.4 Å². The number of ether oxygens (including phenoxy) is 4. The fourth-order valence-electron chi connectivity index (χ4n) is 5.55. The van der Waals surface area contributed by atoms with E-state index in [0.717, 1.165) is 16.8 Å². The number of carboxylic acid groups (broad SMARTS) is 1. The van der Waals surface area contributed by atoms with Crippen LogP contribution in [0.3, 0.4) is 0 Å². The molecule has 2 aliphatic rings. The van der Waals surface area contributed by atoms with Crippen LogP contribution < -0.4 is 18.9 Å². The minimum atomic E-state index is -4.76. The first kappa shape index (κ1) is 30.2. The van der Waals surface area contributed by atoms with Crippen LogP contribution in [0.15, 0.2) is 54.6 Å². The summed E-state index contributed by atoms with van der Waals surface area (Å²) in [7, 11) is 0. The smallest absolute Gasteiger partial charge is 0.486 e. The maximum atomic E-state index is 14.8. The van der Waals surface area contributed by atoms with Crippen LogP contribution >= 0.6 is 0 Å². The molecule has 0 saturated heterocycles. The number of aryl methyl sites for hydroxylation is 1. The van der Waals surface area contributed by atoms with Crippen molar-refractivity contribution in [3.8, 4) is 28.7 Å². The normalized spacial score (nSPS) is 17.5. The van der Waals surface area contributed by atoms with E-state index in [4.69, 9.17) is 9.47 Å². The Bertz CT molecular complexity index is 1800. The highest BCUT2D eigenvalue weighted by atomic mass is 19.4. The summed E-state index contributed by atoms with van der Waals surface area (Å²) in [6, 6.07) is 12.1. The van der Waals surface area contributed by atoms with Gasteiger partial charge in [-0.3, -0.25) is 0 Å². The van der Waals surface area contributed by atoms with Gasteiger partial charge in [0, 0.05) is 23.3 Å². The van der Waals surface area contributed by atoms with Gasteiger partial charge in [-0.1, -0.05) is 6.07 Å². The first-order valence-electron chi connectivity index (χ1n) is 13.8. The zero-order valence-corrected chi connectivity index (χ0v) is 23.6. The van der Waals surface area contributed by atoms with Crippen LogP contribution in [0.5, 0.6) is 23.0 Å². The quantitative estimate of drug-likeness (QED) is 0.206. The van der Waals surface area contributed by atoms with Crippen molar-refractivity contribution < 1.29 is 55.2 Å². The molecular formula is C31H24F6N2O6. The minimum Gasteiger partial charge on any atom is -0.486 e. The van der Waals surface area contributed by atoms with E-state index in [1.807, 2.05) is 0 Å². The molecule has 1 aromatic heterocycles. The molecule has 6 rings (SSSR count). The molecule has 0 bridgehead atoms. The summed E-state index contributed by atoms with van der Waals surface area (Å²) >= 11 is 0. The summed E-state index contributed by atoms with van der Waals surface area (Å²) in [6.07, 6.45) is -9.71. The summed E-state index contributed by atoms with van der Waals surface area (Å²) in [4.78, 5) is 11.4. The highest BCUT2D eigenvalue weighted by Crippen LogP contribution is 2.45. The second-order valence-electron chi connectivity index (χ2n) is 10.6. The van der Waals surface area contributed by atoms with E-state index < -0.39 is 47.9 Å². The molecule has 0 saturated carbocycles. The summed E-state index contributed by atoms with van der Waals surface area (Å²) in [5, 5.41) is 13.3. The number of benzene rings is 3. The number of hydrogen-bond donors (Lipinski definition) is 1. The van der Waals surface area contributed by atoms with E-state index in [1.165, 1.54) is 49.4 Å². The molecule has 2 heterocycles. The number of hydrogen-bond acceptors (Lipinski definition) is 6. The third-order valence-corrected chi connectivity index (χ3v) is 7.53. The topological polar surface area (TPSA) is 92.0 Å². The lowest BCUT2D eigenvalue weighted by Gasteiger charge is -2.26. The van der Waals surface area contributed by atoms with Gasteiger partial charge in [-0.2, -0.15) is 18.3 Å². The first-order chi connectivity index (χ1) is 21.2. The van der Waals surface area contributed by atoms with Gasteiger partial charge < -0.3 is 24.1 Å². The Morgan fingerprint density at radius 2 is 1.82 bits per heavy atom. The van der Waals surface area contributed by atoms with Gasteiger partial charge in [0.1, 0.15) is 29.5 Å². The molecule has 1 aliphatic heterocycles. The van der Waals surface area contributed by atoms with Crippen LogP contribution in [0, 0.1) is 12.7 Å². The Kier molecular flexibility index (Phi) is 7.32. The van der Waals surface area contributed by atoms with E-state index in [9.17, 15) is 36.2 Å². The molecule has 3 aromatic carbocycles. The predicted molar refractivity (Wildman–Crippen MR) is 145 cm³/mol. The third-order valence-electron chi connectivity index (χ3n) is 7.53. The van der Waals surface area contributed by atoms with E-state index in [-0.39, 0.29) is 51.7 Å². The van der Waals surface area contributed by atoms with Gasteiger partial charge in [-0.15, -0.1) is 8.78 Å². The Hall–Kier alpha value is -4.88. The molecule has 14 heteroatoms. The van der Waals surface area contributed by atoms with Crippen molar-refractivity contribution in [2.45, 2.75) is 57.8 Å². The summed E-state index contributed by atoms with van der Waals surface area (Å²) in [5.41, 5.74) is -0.313. The van der Waals surface area contributed by atoms with E-state index in [0.29, 0.717) is 18.4 Å². The lowest BCUT2D eigenvalue weighted by Crippen LogP contribution is -2.25. The number of aromatic nitrogens is 2. The lowest BCUT2D eigenvalue weighted by molar-refractivity contribution is -0.286.